The number of rotatable bonds is 2. The minimum atomic E-state index is -0.392. The second-order valence-electron chi connectivity index (χ2n) is 6.63. The third kappa shape index (κ3) is 2.67. The molecule has 0 aliphatic carbocycles. The van der Waals surface area contributed by atoms with E-state index in [-0.39, 0.29) is 6.10 Å². The number of hydrogen-bond acceptors (Lipinski definition) is 6. The molecule has 128 valence electrons. The van der Waals surface area contributed by atoms with Crippen molar-refractivity contribution in [1.82, 2.24) is 19.7 Å². The van der Waals surface area contributed by atoms with Crippen LogP contribution in [0.4, 0.5) is 5.82 Å². The van der Waals surface area contributed by atoms with E-state index in [9.17, 15) is 0 Å². The molecule has 4 rings (SSSR count). The molecule has 2 fully saturated rings. The molecule has 0 N–H and O–H groups in total. The highest BCUT2D eigenvalue weighted by molar-refractivity contribution is 5.53. The Kier molecular flexibility index (Phi) is 3.77. The summed E-state index contributed by atoms with van der Waals surface area (Å²) in [5.41, 5.74) is 1.04. The van der Waals surface area contributed by atoms with Crippen LogP contribution in [0.2, 0.25) is 0 Å². The van der Waals surface area contributed by atoms with E-state index in [4.69, 9.17) is 9.47 Å². The lowest BCUT2D eigenvalue weighted by Crippen LogP contribution is -2.46. The highest BCUT2D eigenvalue weighted by Crippen LogP contribution is 2.36. The number of aryl methyl sites for hydroxylation is 1. The number of piperidine rings is 1. The molecule has 2 aromatic heterocycles. The number of aromatic nitrogens is 4. The van der Waals surface area contributed by atoms with E-state index in [0.717, 1.165) is 49.0 Å². The van der Waals surface area contributed by atoms with Gasteiger partial charge in [0.15, 0.2) is 11.6 Å². The molecule has 0 radical (unpaired) electrons. The van der Waals surface area contributed by atoms with Gasteiger partial charge >= 0.3 is 0 Å². The van der Waals surface area contributed by atoms with Crippen LogP contribution < -0.4 is 4.90 Å². The summed E-state index contributed by atoms with van der Waals surface area (Å²) in [6.07, 6.45) is 5.57. The Labute approximate surface area is 141 Å². The summed E-state index contributed by atoms with van der Waals surface area (Å²) in [5.74, 6) is 2.18. The van der Waals surface area contributed by atoms with Crippen LogP contribution in [0.15, 0.2) is 18.5 Å². The van der Waals surface area contributed by atoms with Crippen molar-refractivity contribution in [3.63, 3.8) is 0 Å². The van der Waals surface area contributed by atoms with E-state index in [1.165, 1.54) is 0 Å². The van der Waals surface area contributed by atoms with Crippen LogP contribution in [-0.2, 0) is 9.47 Å². The standard InChI is InChI=1S/C17H23N5O2/c1-12-11-23-17(24-12)5-9-21(10-6-17)15-13(2)16(20-14(3)19-15)22-8-4-7-18-22/h4,7-8,12H,5-6,9-11H2,1-3H3/t12-/m0/s1. The van der Waals surface area contributed by atoms with Crippen molar-refractivity contribution in [3.8, 4) is 5.82 Å². The van der Waals surface area contributed by atoms with E-state index in [1.54, 1.807) is 10.9 Å². The molecule has 24 heavy (non-hydrogen) atoms. The lowest BCUT2D eigenvalue weighted by Gasteiger charge is -2.39. The summed E-state index contributed by atoms with van der Waals surface area (Å²) in [5, 5.41) is 4.31. The molecule has 7 heteroatoms. The van der Waals surface area contributed by atoms with Gasteiger partial charge in [-0.2, -0.15) is 5.10 Å². The smallest absolute Gasteiger partial charge is 0.172 e. The third-order valence-corrected chi connectivity index (χ3v) is 4.75. The average Bonchev–Trinajstić information content (AvgIpc) is 3.21. The SMILES string of the molecule is Cc1nc(N2CCC3(CC2)OC[C@H](C)O3)c(C)c(-n2cccn2)n1. The summed E-state index contributed by atoms with van der Waals surface area (Å²) in [7, 11) is 0. The molecule has 4 heterocycles. The van der Waals surface area contributed by atoms with Gasteiger partial charge in [0.1, 0.15) is 11.6 Å². The second kappa shape index (κ2) is 5.82. The molecule has 2 aromatic rings. The molecule has 7 nitrogen and oxygen atoms in total. The molecule has 2 aliphatic rings. The molecule has 2 aliphatic heterocycles. The Balaban J connectivity index is 1.59. The van der Waals surface area contributed by atoms with Crippen LogP contribution in [0.3, 0.4) is 0 Å². The van der Waals surface area contributed by atoms with Crippen LogP contribution in [0, 0.1) is 13.8 Å². The fourth-order valence-electron chi connectivity index (χ4n) is 3.55. The maximum absolute atomic E-state index is 6.01. The van der Waals surface area contributed by atoms with Crippen molar-refractivity contribution in [2.75, 3.05) is 24.6 Å². The molecule has 0 bridgehead atoms. The molecule has 1 spiro atoms. The highest BCUT2D eigenvalue weighted by Gasteiger charge is 2.43. The predicted molar refractivity (Wildman–Crippen MR) is 89.3 cm³/mol. The fraction of sp³-hybridized carbons (Fsp3) is 0.588. The number of hydrogen-bond donors (Lipinski definition) is 0. The van der Waals surface area contributed by atoms with Crippen LogP contribution in [-0.4, -0.2) is 51.3 Å². The number of ether oxygens (including phenoxy) is 2. The molecule has 0 unspecified atom stereocenters. The van der Waals surface area contributed by atoms with E-state index < -0.39 is 5.79 Å². The average molecular weight is 329 g/mol. The highest BCUT2D eigenvalue weighted by atomic mass is 16.7. The van der Waals surface area contributed by atoms with Crippen molar-refractivity contribution in [1.29, 1.82) is 0 Å². The summed E-state index contributed by atoms with van der Waals surface area (Å²) in [4.78, 5) is 11.6. The van der Waals surface area contributed by atoms with Gasteiger partial charge in [0, 0.05) is 43.9 Å². The van der Waals surface area contributed by atoms with Gasteiger partial charge in [-0.1, -0.05) is 0 Å². The molecule has 0 saturated carbocycles. The lowest BCUT2D eigenvalue weighted by atomic mass is 10.0. The normalized spacial score (nSPS) is 23.1. The molecular weight excluding hydrogens is 306 g/mol. The summed E-state index contributed by atoms with van der Waals surface area (Å²) < 4.78 is 13.7. The maximum atomic E-state index is 6.01. The lowest BCUT2D eigenvalue weighted by molar-refractivity contribution is -0.178. The topological polar surface area (TPSA) is 65.3 Å². The Bertz CT molecular complexity index is 723. The van der Waals surface area contributed by atoms with Crippen molar-refractivity contribution in [2.45, 2.75) is 45.5 Å². The third-order valence-electron chi connectivity index (χ3n) is 4.75. The minimum Gasteiger partial charge on any atom is -0.356 e. The van der Waals surface area contributed by atoms with Gasteiger partial charge in [-0.05, 0) is 26.8 Å². The van der Waals surface area contributed by atoms with Crippen molar-refractivity contribution >= 4 is 5.82 Å². The van der Waals surface area contributed by atoms with Crippen molar-refractivity contribution < 1.29 is 9.47 Å². The molecular formula is C17H23N5O2. The Hall–Kier alpha value is -1.99. The van der Waals surface area contributed by atoms with E-state index in [0.29, 0.717) is 6.61 Å². The first-order valence-corrected chi connectivity index (χ1v) is 8.48. The van der Waals surface area contributed by atoms with Gasteiger partial charge in [-0.15, -0.1) is 0 Å². The Morgan fingerprint density at radius 1 is 1.17 bits per heavy atom. The van der Waals surface area contributed by atoms with E-state index in [1.807, 2.05) is 19.2 Å². The van der Waals surface area contributed by atoms with Gasteiger partial charge < -0.3 is 14.4 Å². The quantitative estimate of drug-likeness (QED) is 0.840. The summed E-state index contributed by atoms with van der Waals surface area (Å²) >= 11 is 0. The first-order chi connectivity index (χ1) is 11.6. The van der Waals surface area contributed by atoms with Gasteiger partial charge in [0.2, 0.25) is 0 Å². The van der Waals surface area contributed by atoms with Gasteiger partial charge in [-0.25, -0.2) is 14.6 Å². The van der Waals surface area contributed by atoms with Crippen LogP contribution in [0.5, 0.6) is 0 Å². The summed E-state index contributed by atoms with van der Waals surface area (Å²) in [6, 6.07) is 1.90. The number of anilines is 1. The van der Waals surface area contributed by atoms with Crippen molar-refractivity contribution in [3.05, 3.63) is 29.8 Å². The molecule has 0 aromatic carbocycles. The number of nitrogens with zero attached hydrogens (tertiary/aromatic N) is 5. The second-order valence-corrected chi connectivity index (χ2v) is 6.63. The van der Waals surface area contributed by atoms with Crippen LogP contribution in [0.25, 0.3) is 5.82 Å². The first-order valence-electron chi connectivity index (χ1n) is 8.48. The molecule has 2 saturated heterocycles. The Morgan fingerprint density at radius 3 is 2.54 bits per heavy atom. The summed E-state index contributed by atoms with van der Waals surface area (Å²) in [6.45, 7) is 8.46. The minimum absolute atomic E-state index is 0.186. The predicted octanol–water partition coefficient (Wildman–Crippen LogP) is 2.01. The zero-order chi connectivity index (χ0) is 16.7. The van der Waals surface area contributed by atoms with Gasteiger partial charge in [0.25, 0.3) is 0 Å². The van der Waals surface area contributed by atoms with E-state index >= 15 is 0 Å². The molecule has 0 amide bonds. The van der Waals surface area contributed by atoms with Gasteiger partial charge in [0.05, 0.1) is 12.7 Å². The maximum Gasteiger partial charge on any atom is 0.172 e. The van der Waals surface area contributed by atoms with Crippen LogP contribution >= 0.6 is 0 Å². The Morgan fingerprint density at radius 2 is 1.92 bits per heavy atom. The molecule has 1 atom stereocenters. The largest absolute Gasteiger partial charge is 0.356 e. The first kappa shape index (κ1) is 15.5. The van der Waals surface area contributed by atoms with Gasteiger partial charge in [-0.3, -0.25) is 0 Å². The zero-order valence-electron chi connectivity index (χ0n) is 14.4. The zero-order valence-corrected chi connectivity index (χ0v) is 14.4. The van der Waals surface area contributed by atoms with Crippen molar-refractivity contribution in [2.24, 2.45) is 0 Å². The van der Waals surface area contributed by atoms with Crippen LogP contribution in [0.1, 0.15) is 31.2 Å². The monoisotopic (exact) mass is 329 g/mol. The van der Waals surface area contributed by atoms with E-state index in [2.05, 4.69) is 33.8 Å². The fourth-order valence-corrected chi connectivity index (χ4v) is 3.55.